The Labute approximate surface area is 333 Å². The van der Waals surface area contributed by atoms with Crippen LogP contribution in [0.4, 0.5) is 0 Å². The number of benzene rings is 7. The van der Waals surface area contributed by atoms with Crippen molar-refractivity contribution in [3.63, 3.8) is 0 Å². The van der Waals surface area contributed by atoms with Gasteiger partial charge in [-0.15, -0.1) is 23.8 Å². The zero-order chi connectivity index (χ0) is 38.2. The summed E-state index contributed by atoms with van der Waals surface area (Å²) >= 11 is 0. The molecule has 7 aromatic carbocycles. The number of aromatic hydroxyl groups is 1. The SMILES string of the molecule is [2H]C([2H])([2H])c1cc(-c2ccccc2)cc(-n2c(-c3ccccc3O)nc3c(-c4[c-]c(-c5cc(-c6ccccc6)ccn5)cc(-c5ccccc5)c4)cccc32)c1.[Pt]. The quantitative estimate of drug-likeness (QED) is 0.162. The number of phenolic OH excluding ortho intramolecular Hbond substituents is 1. The summed E-state index contributed by atoms with van der Waals surface area (Å²) in [6, 6.07) is 60.7. The van der Waals surface area contributed by atoms with Crippen LogP contribution in [-0.2, 0) is 21.1 Å². The van der Waals surface area contributed by atoms with Crippen LogP contribution in [0.1, 0.15) is 9.68 Å². The Morgan fingerprint density at radius 1 is 0.556 bits per heavy atom. The third-order valence-corrected chi connectivity index (χ3v) is 9.52. The molecule has 0 saturated carbocycles. The van der Waals surface area contributed by atoms with E-state index >= 15 is 0 Å². The van der Waals surface area contributed by atoms with Gasteiger partial charge < -0.3 is 5.11 Å². The first kappa shape index (κ1) is 31.2. The van der Waals surface area contributed by atoms with E-state index in [1.165, 1.54) is 0 Å². The van der Waals surface area contributed by atoms with Crippen molar-refractivity contribution in [1.29, 1.82) is 0 Å². The summed E-state index contributed by atoms with van der Waals surface area (Å²) in [5.41, 5.74) is 11.8. The zero-order valence-electron chi connectivity index (χ0n) is 31.9. The Morgan fingerprint density at radius 2 is 1.17 bits per heavy atom. The van der Waals surface area contributed by atoms with Crippen molar-refractivity contribution in [3.05, 3.63) is 194 Å². The van der Waals surface area contributed by atoms with Gasteiger partial charge in [-0.3, -0.25) is 9.55 Å². The normalized spacial score (nSPS) is 12.0. The summed E-state index contributed by atoms with van der Waals surface area (Å²) in [5, 5.41) is 11.2. The van der Waals surface area contributed by atoms with E-state index in [9.17, 15) is 5.11 Å². The molecule has 0 unspecified atom stereocenters. The van der Waals surface area contributed by atoms with Gasteiger partial charge in [-0.25, -0.2) is 4.98 Å². The van der Waals surface area contributed by atoms with Crippen molar-refractivity contribution in [2.24, 2.45) is 0 Å². The van der Waals surface area contributed by atoms with Gasteiger partial charge in [0, 0.05) is 42.8 Å². The molecule has 2 aromatic heterocycles. The number of hydrogen-bond acceptors (Lipinski definition) is 3. The number of hydrogen-bond donors (Lipinski definition) is 1. The van der Waals surface area contributed by atoms with Gasteiger partial charge in [0.15, 0.2) is 0 Å². The zero-order valence-corrected chi connectivity index (χ0v) is 31.2. The largest absolute Gasteiger partial charge is 0.507 e. The summed E-state index contributed by atoms with van der Waals surface area (Å²) in [4.78, 5) is 10.1. The van der Waals surface area contributed by atoms with E-state index in [2.05, 4.69) is 48.5 Å². The van der Waals surface area contributed by atoms with Gasteiger partial charge in [0.2, 0.25) is 0 Å². The molecule has 0 amide bonds. The molecule has 0 atom stereocenters. The number of pyridine rings is 1. The van der Waals surface area contributed by atoms with Crippen LogP contribution >= 0.6 is 0 Å². The molecule has 0 saturated heterocycles. The first-order chi connectivity index (χ1) is 27.3. The number of rotatable bonds is 7. The molecule has 54 heavy (non-hydrogen) atoms. The summed E-state index contributed by atoms with van der Waals surface area (Å²) in [7, 11) is 0. The maximum atomic E-state index is 11.2. The minimum atomic E-state index is -2.37. The number of aryl methyl sites for hydroxylation is 1. The summed E-state index contributed by atoms with van der Waals surface area (Å²) in [6.45, 7) is -2.37. The fourth-order valence-corrected chi connectivity index (χ4v) is 7.00. The summed E-state index contributed by atoms with van der Waals surface area (Å²) in [6.07, 6.45) is 1.83. The van der Waals surface area contributed by atoms with E-state index in [4.69, 9.17) is 14.1 Å². The van der Waals surface area contributed by atoms with Crippen LogP contribution < -0.4 is 0 Å². The number of aromatic nitrogens is 3. The molecule has 0 fully saturated rings. The second-order valence-electron chi connectivity index (χ2n) is 13.0. The predicted octanol–water partition coefficient (Wildman–Crippen LogP) is 12.2. The Balaban J connectivity index is 0.00000455. The fraction of sp³-hybridized carbons (Fsp3) is 0.0204. The third-order valence-electron chi connectivity index (χ3n) is 9.52. The van der Waals surface area contributed by atoms with Crippen LogP contribution in [0.5, 0.6) is 5.75 Å². The monoisotopic (exact) mass is 878 g/mol. The summed E-state index contributed by atoms with van der Waals surface area (Å²) in [5.74, 6) is 0.536. The van der Waals surface area contributed by atoms with Crippen LogP contribution in [0.15, 0.2) is 182 Å². The van der Waals surface area contributed by atoms with Crippen molar-refractivity contribution in [2.45, 2.75) is 6.85 Å². The maximum Gasteiger partial charge on any atom is 0.148 e. The Hall–Kier alpha value is -6.35. The van der Waals surface area contributed by atoms with Crippen molar-refractivity contribution in [3.8, 4) is 78.6 Å². The Kier molecular flexibility index (Phi) is 8.63. The molecule has 5 heteroatoms. The van der Waals surface area contributed by atoms with Gasteiger partial charge in [-0.05, 0) is 76.6 Å². The van der Waals surface area contributed by atoms with Gasteiger partial charge in [-0.1, -0.05) is 144 Å². The van der Waals surface area contributed by atoms with Crippen molar-refractivity contribution in [1.82, 2.24) is 14.5 Å². The average molecular weight is 879 g/mol. The van der Waals surface area contributed by atoms with E-state index in [0.29, 0.717) is 22.6 Å². The standard InChI is InChI=1S/C49H34N3O.Pt/c1-33-26-38(35-16-7-3-8-17-35)31-42(27-33)52-46-22-13-21-43(48(46)51-49(52)44-20-11-12-23-47(44)53)40-28-39(36-18-9-4-10-19-36)29-41(30-40)45-32-37(24-25-50-45)34-14-5-2-6-15-34;/h2-29,31-32,53H,1H3;/q-1;/i1D3;. The molecular weight excluding hydrogens is 842 g/mol. The maximum absolute atomic E-state index is 11.2. The minimum Gasteiger partial charge on any atom is -0.507 e. The number of imidazole rings is 1. The van der Waals surface area contributed by atoms with Gasteiger partial charge in [-0.2, -0.15) is 0 Å². The van der Waals surface area contributed by atoms with Gasteiger partial charge in [0.05, 0.1) is 16.6 Å². The minimum absolute atomic E-state index is 0. The Morgan fingerprint density at radius 3 is 1.85 bits per heavy atom. The van der Waals surface area contributed by atoms with Gasteiger partial charge >= 0.3 is 0 Å². The van der Waals surface area contributed by atoms with E-state index in [-0.39, 0.29) is 32.4 Å². The molecule has 0 aliphatic rings. The third kappa shape index (κ3) is 6.69. The predicted molar refractivity (Wildman–Crippen MR) is 217 cm³/mol. The molecule has 0 aliphatic heterocycles. The van der Waals surface area contributed by atoms with Crippen LogP contribution in [0.3, 0.4) is 0 Å². The van der Waals surface area contributed by atoms with Gasteiger partial charge in [0.1, 0.15) is 11.6 Å². The Bertz CT molecular complexity index is 2860. The number of phenols is 1. The molecule has 9 rings (SSSR count). The van der Waals surface area contributed by atoms with E-state index in [0.717, 1.165) is 61.3 Å². The average Bonchev–Trinajstić information content (AvgIpc) is 3.64. The van der Waals surface area contributed by atoms with Crippen LogP contribution in [0.25, 0.3) is 83.9 Å². The fourth-order valence-electron chi connectivity index (χ4n) is 7.00. The smallest absolute Gasteiger partial charge is 0.148 e. The molecule has 0 radical (unpaired) electrons. The first-order valence-electron chi connectivity index (χ1n) is 19.0. The van der Waals surface area contributed by atoms with Gasteiger partial charge in [0.25, 0.3) is 0 Å². The molecule has 0 spiro atoms. The number of nitrogens with zero attached hydrogens (tertiary/aromatic N) is 3. The molecule has 0 bridgehead atoms. The number of fused-ring (bicyclic) bond motifs is 1. The second kappa shape index (κ2) is 14.9. The molecule has 1 N–H and O–H groups in total. The summed E-state index contributed by atoms with van der Waals surface area (Å²) < 4.78 is 27.2. The van der Waals surface area contributed by atoms with E-state index in [1.54, 1.807) is 24.3 Å². The molecular formula is C49H34N3OPt-. The van der Waals surface area contributed by atoms with Crippen LogP contribution in [0.2, 0.25) is 0 Å². The molecule has 0 aliphatic carbocycles. The van der Waals surface area contributed by atoms with Crippen LogP contribution in [0, 0.1) is 12.9 Å². The topological polar surface area (TPSA) is 50.9 Å². The van der Waals surface area contributed by atoms with E-state index in [1.807, 2.05) is 120 Å². The number of para-hydroxylation sites is 2. The van der Waals surface area contributed by atoms with Crippen molar-refractivity contribution in [2.75, 3.05) is 0 Å². The molecule has 262 valence electrons. The molecule has 2 heterocycles. The van der Waals surface area contributed by atoms with Crippen LogP contribution in [-0.4, -0.2) is 19.6 Å². The van der Waals surface area contributed by atoms with Crippen molar-refractivity contribution >= 4 is 11.0 Å². The second-order valence-corrected chi connectivity index (χ2v) is 13.0. The first-order valence-corrected chi connectivity index (χ1v) is 17.5. The molecule has 4 nitrogen and oxygen atoms in total. The molecule has 9 aromatic rings. The van der Waals surface area contributed by atoms with E-state index < -0.39 is 6.85 Å². The van der Waals surface area contributed by atoms with Crippen molar-refractivity contribution < 1.29 is 30.3 Å².